The fourth-order valence-electron chi connectivity index (χ4n) is 2.88. The average Bonchev–Trinajstić information content (AvgIpc) is 3.10. The summed E-state index contributed by atoms with van der Waals surface area (Å²) in [7, 11) is -3.49. The van der Waals surface area contributed by atoms with Crippen molar-refractivity contribution in [2.24, 2.45) is 5.92 Å². The minimum absolute atomic E-state index is 0.119. The second-order valence-corrected chi connectivity index (χ2v) is 9.11. The van der Waals surface area contributed by atoms with Gasteiger partial charge in [0.15, 0.2) is 0 Å². The molecule has 0 bridgehead atoms. The second-order valence-electron chi connectivity index (χ2n) is 5.99. The third-order valence-electron chi connectivity index (χ3n) is 4.13. The maximum absolute atomic E-state index is 12.6. The molecule has 1 aromatic heterocycles. The molecule has 1 aromatic carbocycles. The normalized spacial score (nSPS) is 19.1. The molecular formula is C17H20N2O3S2. The van der Waals surface area contributed by atoms with Crippen molar-refractivity contribution in [3.63, 3.8) is 0 Å². The Kier molecular flexibility index (Phi) is 5.03. The monoisotopic (exact) mass is 364 g/mol. The SMILES string of the molecule is Cc1cccc(NC(=O)[C@H]2CCCN(S(=O)(=O)c3cccs3)C2)c1. The number of carbonyl (C=O) groups excluding carboxylic acids is 1. The standard InChI is InChI=1S/C17H20N2O3S2/c1-13-5-2-7-15(11-13)18-17(20)14-6-3-9-19(12-14)24(21,22)16-8-4-10-23-16/h2,4-5,7-8,10-11,14H,3,6,9,12H2,1H3,(H,18,20)/t14-/m0/s1. The van der Waals surface area contributed by atoms with E-state index in [-0.39, 0.29) is 18.4 Å². The topological polar surface area (TPSA) is 66.5 Å². The molecule has 3 rings (SSSR count). The summed E-state index contributed by atoms with van der Waals surface area (Å²) < 4.78 is 27.0. The van der Waals surface area contributed by atoms with Crippen LogP contribution in [0.3, 0.4) is 0 Å². The van der Waals surface area contributed by atoms with Crippen molar-refractivity contribution in [1.82, 2.24) is 4.31 Å². The zero-order chi connectivity index (χ0) is 17.2. The highest BCUT2D eigenvalue weighted by atomic mass is 32.2. The van der Waals surface area contributed by atoms with Crippen LogP contribution in [0.15, 0.2) is 46.0 Å². The number of aryl methyl sites for hydroxylation is 1. The zero-order valence-corrected chi connectivity index (χ0v) is 15.1. The molecule has 0 spiro atoms. The Hall–Kier alpha value is -1.70. The molecule has 2 heterocycles. The Morgan fingerprint density at radius 1 is 1.29 bits per heavy atom. The van der Waals surface area contributed by atoms with Crippen molar-refractivity contribution in [3.05, 3.63) is 47.3 Å². The number of rotatable bonds is 4. The molecule has 0 saturated carbocycles. The molecule has 1 aliphatic rings. The van der Waals surface area contributed by atoms with Gasteiger partial charge >= 0.3 is 0 Å². The first-order valence-corrected chi connectivity index (χ1v) is 10.2. The summed E-state index contributed by atoms with van der Waals surface area (Å²) >= 11 is 1.21. The Bertz CT molecular complexity index is 816. The number of nitrogens with zero attached hydrogens (tertiary/aromatic N) is 1. The van der Waals surface area contributed by atoms with Crippen LogP contribution in [0.25, 0.3) is 0 Å². The van der Waals surface area contributed by atoms with Gasteiger partial charge < -0.3 is 5.32 Å². The van der Waals surface area contributed by atoms with Gasteiger partial charge in [0.1, 0.15) is 4.21 Å². The Morgan fingerprint density at radius 3 is 2.83 bits per heavy atom. The lowest BCUT2D eigenvalue weighted by molar-refractivity contribution is -0.120. The number of hydrogen-bond acceptors (Lipinski definition) is 4. The first kappa shape index (κ1) is 17.1. The zero-order valence-electron chi connectivity index (χ0n) is 13.4. The molecule has 1 atom stereocenters. The van der Waals surface area contributed by atoms with Crippen LogP contribution in [-0.2, 0) is 14.8 Å². The summed E-state index contributed by atoms with van der Waals surface area (Å²) in [6.07, 6.45) is 1.39. The molecule has 1 N–H and O–H groups in total. The van der Waals surface area contributed by atoms with E-state index in [0.29, 0.717) is 23.6 Å². The van der Waals surface area contributed by atoms with Crippen LogP contribution in [0.4, 0.5) is 5.69 Å². The molecule has 1 fully saturated rings. The van der Waals surface area contributed by atoms with Gasteiger partial charge in [-0.3, -0.25) is 4.79 Å². The quantitative estimate of drug-likeness (QED) is 0.906. The van der Waals surface area contributed by atoms with E-state index in [1.165, 1.54) is 15.6 Å². The van der Waals surface area contributed by atoms with Crippen molar-refractivity contribution >= 4 is 33.0 Å². The average molecular weight is 364 g/mol. The van der Waals surface area contributed by atoms with Crippen molar-refractivity contribution in [2.45, 2.75) is 24.0 Å². The van der Waals surface area contributed by atoms with E-state index in [4.69, 9.17) is 0 Å². The Morgan fingerprint density at radius 2 is 2.12 bits per heavy atom. The fourth-order valence-corrected chi connectivity index (χ4v) is 5.55. The van der Waals surface area contributed by atoms with Crippen LogP contribution in [0.1, 0.15) is 18.4 Å². The summed E-state index contributed by atoms with van der Waals surface area (Å²) in [5.41, 5.74) is 1.82. The van der Waals surface area contributed by atoms with Crippen molar-refractivity contribution in [3.8, 4) is 0 Å². The lowest BCUT2D eigenvalue weighted by atomic mass is 9.98. The van der Waals surface area contributed by atoms with Crippen molar-refractivity contribution in [1.29, 1.82) is 0 Å². The van der Waals surface area contributed by atoms with Crippen molar-refractivity contribution in [2.75, 3.05) is 18.4 Å². The number of thiophene rings is 1. The summed E-state index contributed by atoms with van der Waals surface area (Å²) in [6.45, 7) is 2.66. The molecule has 0 radical (unpaired) electrons. The molecule has 5 nitrogen and oxygen atoms in total. The van der Waals surface area contributed by atoms with E-state index < -0.39 is 10.0 Å². The predicted molar refractivity (Wildman–Crippen MR) is 95.6 cm³/mol. The first-order chi connectivity index (χ1) is 11.5. The number of hydrogen-bond donors (Lipinski definition) is 1. The van der Waals surface area contributed by atoms with Crippen LogP contribution >= 0.6 is 11.3 Å². The van der Waals surface area contributed by atoms with Gasteiger partial charge in [-0.1, -0.05) is 18.2 Å². The number of nitrogens with one attached hydrogen (secondary N) is 1. The molecule has 7 heteroatoms. The van der Waals surface area contributed by atoms with Gasteiger partial charge in [0, 0.05) is 18.8 Å². The lowest BCUT2D eigenvalue weighted by Crippen LogP contribution is -2.43. The van der Waals surface area contributed by atoms with Gasteiger partial charge in [-0.25, -0.2) is 8.42 Å². The van der Waals surface area contributed by atoms with E-state index in [9.17, 15) is 13.2 Å². The summed E-state index contributed by atoms with van der Waals surface area (Å²) in [6, 6.07) is 10.9. The van der Waals surface area contributed by atoms with Gasteiger partial charge in [0.2, 0.25) is 5.91 Å². The third-order valence-corrected chi connectivity index (χ3v) is 7.37. The Balaban J connectivity index is 1.70. The molecule has 1 amide bonds. The lowest BCUT2D eigenvalue weighted by Gasteiger charge is -2.30. The fraction of sp³-hybridized carbons (Fsp3) is 0.353. The molecule has 0 unspecified atom stereocenters. The van der Waals surface area contributed by atoms with Gasteiger partial charge in [-0.05, 0) is 48.9 Å². The number of benzene rings is 1. The molecule has 128 valence electrons. The maximum Gasteiger partial charge on any atom is 0.252 e. The van der Waals surface area contributed by atoms with Crippen LogP contribution in [0.2, 0.25) is 0 Å². The highest BCUT2D eigenvalue weighted by Gasteiger charge is 2.33. The van der Waals surface area contributed by atoms with E-state index in [1.807, 2.05) is 31.2 Å². The van der Waals surface area contributed by atoms with Crippen molar-refractivity contribution < 1.29 is 13.2 Å². The molecule has 2 aromatic rings. The summed E-state index contributed by atoms with van der Waals surface area (Å²) in [5.74, 6) is -0.444. The summed E-state index contributed by atoms with van der Waals surface area (Å²) in [4.78, 5) is 12.5. The van der Waals surface area contributed by atoms with Crippen LogP contribution < -0.4 is 5.32 Å². The smallest absolute Gasteiger partial charge is 0.252 e. The third kappa shape index (κ3) is 3.68. The van der Waals surface area contributed by atoms with E-state index in [0.717, 1.165) is 11.3 Å². The van der Waals surface area contributed by atoms with Crippen LogP contribution in [0.5, 0.6) is 0 Å². The van der Waals surface area contributed by atoms with E-state index in [2.05, 4.69) is 5.32 Å². The first-order valence-electron chi connectivity index (χ1n) is 7.88. The predicted octanol–water partition coefficient (Wildman–Crippen LogP) is 3.10. The van der Waals surface area contributed by atoms with Gasteiger partial charge in [-0.15, -0.1) is 11.3 Å². The van der Waals surface area contributed by atoms with Gasteiger partial charge in [0.25, 0.3) is 10.0 Å². The second kappa shape index (κ2) is 7.04. The summed E-state index contributed by atoms with van der Waals surface area (Å²) in [5, 5.41) is 4.65. The minimum atomic E-state index is -3.49. The van der Waals surface area contributed by atoms with Gasteiger partial charge in [-0.2, -0.15) is 4.31 Å². The molecular weight excluding hydrogens is 344 g/mol. The number of sulfonamides is 1. The van der Waals surface area contributed by atoms with Gasteiger partial charge in [0.05, 0.1) is 5.92 Å². The number of anilines is 1. The van der Waals surface area contributed by atoms with Crippen LogP contribution in [-0.4, -0.2) is 31.7 Å². The minimum Gasteiger partial charge on any atom is -0.326 e. The van der Waals surface area contributed by atoms with E-state index >= 15 is 0 Å². The Labute approximate surface area is 146 Å². The molecule has 1 saturated heterocycles. The van der Waals surface area contributed by atoms with Crippen LogP contribution in [0, 0.1) is 12.8 Å². The largest absolute Gasteiger partial charge is 0.326 e. The maximum atomic E-state index is 12.6. The molecule has 24 heavy (non-hydrogen) atoms. The molecule has 1 aliphatic heterocycles. The highest BCUT2D eigenvalue weighted by molar-refractivity contribution is 7.91. The number of piperidine rings is 1. The molecule has 0 aliphatic carbocycles. The van der Waals surface area contributed by atoms with E-state index in [1.54, 1.807) is 17.5 Å². The number of amides is 1. The number of carbonyl (C=O) groups is 1. The highest BCUT2D eigenvalue weighted by Crippen LogP contribution is 2.27.